The lowest BCUT2D eigenvalue weighted by atomic mass is 9.72. The minimum Gasteiger partial charge on any atom is -0.418 e. The van der Waals surface area contributed by atoms with Crippen molar-refractivity contribution in [1.82, 2.24) is 15.0 Å². The molecule has 0 saturated carbocycles. The number of benzene rings is 2. The van der Waals surface area contributed by atoms with E-state index in [4.69, 9.17) is 14.6 Å². The van der Waals surface area contributed by atoms with Crippen LogP contribution in [0.5, 0.6) is 0 Å². The van der Waals surface area contributed by atoms with E-state index in [1.807, 2.05) is 31.2 Å². The molecule has 2 aromatic carbocycles. The van der Waals surface area contributed by atoms with Crippen molar-refractivity contribution < 1.29 is 9.53 Å². The van der Waals surface area contributed by atoms with Crippen LogP contribution in [0, 0.1) is 5.41 Å². The normalized spacial score (nSPS) is 14.1. The van der Waals surface area contributed by atoms with Crippen LogP contribution >= 0.6 is 0 Å². The van der Waals surface area contributed by atoms with Crippen LogP contribution in [0.25, 0.3) is 16.7 Å². The van der Waals surface area contributed by atoms with E-state index in [0.29, 0.717) is 19.1 Å². The average Bonchev–Trinajstić information content (AvgIpc) is 3.09. The van der Waals surface area contributed by atoms with Crippen LogP contribution in [-0.2, 0) is 16.3 Å². The molecule has 1 N–H and O–H groups in total. The molecule has 3 rings (SSSR count). The molecular formula is C27H41N3O2Si. The molecular weight excluding hydrogens is 426 g/mol. The Morgan fingerprint density at radius 1 is 1.00 bits per heavy atom. The topological polar surface area (TPSA) is 60.2 Å². The second-order valence-electron chi connectivity index (χ2n) is 11.7. The highest BCUT2D eigenvalue weighted by atomic mass is 28.4. The molecule has 0 fully saturated rings. The van der Waals surface area contributed by atoms with Gasteiger partial charge in [-0.15, -0.1) is 10.2 Å². The Bertz CT molecular complexity index is 1050. The minimum absolute atomic E-state index is 0.000587. The van der Waals surface area contributed by atoms with Crippen LogP contribution in [0.15, 0.2) is 42.5 Å². The maximum Gasteiger partial charge on any atom is 0.189 e. The lowest BCUT2D eigenvalue weighted by Gasteiger charge is -2.33. The fourth-order valence-electron chi connectivity index (χ4n) is 5.08. The summed E-state index contributed by atoms with van der Waals surface area (Å²) in [6.07, 6.45) is 1.15. The summed E-state index contributed by atoms with van der Waals surface area (Å²) in [5.41, 5.74) is 5.21. The van der Waals surface area contributed by atoms with Crippen molar-refractivity contribution in [3.05, 3.63) is 53.6 Å². The van der Waals surface area contributed by atoms with Crippen molar-refractivity contribution in [2.45, 2.75) is 85.0 Å². The Labute approximate surface area is 200 Å². The Balaban J connectivity index is 2.01. The average molecular weight is 468 g/mol. The summed E-state index contributed by atoms with van der Waals surface area (Å²) in [7, 11) is -1.90. The molecule has 3 aromatic rings. The standard InChI is InChI=1S/C27H41N3O2Si/c1-9-32-33(7,8)18-22(31)16-20-14-15-21(27(5,6)19-26(2,3)4)17-25(20)30-28-23-12-10-11-13-24(23)29-30/h10-15,17,22,31H,9,16,18-19H2,1-8H3. The fourth-order valence-corrected chi connectivity index (χ4v) is 7.26. The number of nitrogens with zero attached hydrogens (tertiary/aromatic N) is 3. The zero-order valence-corrected chi connectivity index (χ0v) is 22.6. The number of rotatable bonds is 9. The molecule has 1 heterocycles. The van der Waals surface area contributed by atoms with E-state index in [9.17, 15) is 5.11 Å². The van der Waals surface area contributed by atoms with Gasteiger partial charge in [0, 0.05) is 13.0 Å². The first-order valence-corrected chi connectivity index (χ1v) is 15.2. The van der Waals surface area contributed by atoms with E-state index in [1.165, 1.54) is 5.56 Å². The van der Waals surface area contributed by atoms with Crippen LogP contribution < -0.4 is 0 Å². The van der Waals surface area contributed by atoms with Gasteiger partial charge in [-0.25, -0.2) is 0 Å². The lowest BCUT2D eigenvalue weighted by molar-refractivity contribution is 0.184. The molecule has 0 bridgehead atoms. The monoisotopic (exact) mass is 467 g/mol. The molecule has 0 amide bonds. The highest BCUT2D eigenvalue weighted by molar-refractivity contribution is 6.71. The third-order valence-corrected chi connectivity index (χ3v) is 8.58. The molecule has 6 heteroatoms. The van der Waals surface area contributed by atoms with Crippen molar-refractivity contribution in [2.75, 3.05) is 6.61 Å². The second-order valence-corrected chi connectivity index (χ2v) is 15.9. The van der Waals surface area contributed by atoms with Gasteiger partial charge in [0.15, 0.2) is 8.32 Å². The molecule has 1 aromatic heterocycles. The highest BCUT2D eigenvalue weighted by Crippen LogP contribution is 2.37. The van der Waals surface area contributed by atoms with Gasteiger partial charge in [-0.1, -0.05) is 58.9 Å². The summed E-state index contributed by atoms with van der Waals surface area (Å²) in [5, 5.41) is 20.5. The van der Waals surface area contributed by atoms with E-state index in [-0.39, 0.29) is 10.8 Å². The Hall–Kier alpha value is -2.02. The van der Waals surface area contributed by atoms with E-state index in [1.54, 1.807) is 4.80 Å². The first-order valence-electron chi connectivity index (χ1n) is 12.1. The van der Waals surface area contributed by atoms with Gasteiger partial charge in [0.05, 0.1) is 11.8 Å². The summed E-state index contributed by atoms with van der Waals surface area (Å²) in [6, 6.07) is 15.2. The molecule has 0 aliphatic heterocycles. The van der Waals surface area contributed by atoms with Gasteiger partial charge in [-0.2, -0.15) is 4.80 Å². The van der Waals surface area contributed by atoms with E-state index >= 15 is 0 Å². The molecule has 0 aliphatic carbocycles. The van der Waals surface area contributed by atoms with Crippen molar-refractivity contribution in [3.63, 3.8) is 0 Å². The summed E-state index contributed by atoms with van der Waals surface area (Å²) < 4.78 is 5.95. The van der Waals surface area contributed by atoms with E-state index < -0.39 is 14.4 Å². The van der Waals surface area contributed by atoms with Crippen LogP contribution in [0.1, 0.15) is 59.1 Å². The van der Waals surface area contributed by atoms with Crippen molar-refractivity contribution in [2.24, 2.45) is 5.41 Å². The number of aliphatic hydroxyl groups is 1. The minimum atomic E-state index is -1.90. The van der Waals surface area contributed by atoms with Crippen LogP contribution in [-0.4, -0.2) is 41.1 Å². The second kappa shape index (κ2) is 9.69. The van der Waals surface area contributed by atoms with Gasteiger partial charge in [-0.05, 0) is 72.6 Å². The van der Waals surface area contributed by atoms with E-state index in [0.717, 1.165) is 28.7 Å². The molecule has 0 spiro atoms. The predicted molar refractivity (Wildman–Crippen MR) is 140 cm³/mol. The molecule has 0 radical (unpaired) electrons. The van der Waals surface area contributed by atoms with Crippen molar-refractivity contribution in [3.8, 4) is 5.69 Å². The quantitative estimate of drug-likeness (QED) is 0.376. The molecule has 0 saturated heterocycles. The third-order valence-electron chi connectivity index (χ3n) is 6.06. The van der Waals surface area contributed by atoms with Gasteiger partial charge < -0.3 is 9.53 Å². The third kappa shape index (κ3) is 6.75. The number of hydrogen-bond acceptors (Lipinski definition) is 4. The Morgan fingerprint density at radius 2 is 1.61 bits per heavy atom. The summed E-state index contributed by atoms with van der Waals surface area (Å²) in [4.78, 5) is 1.74. The highest BCUT2D eigenvalue weighted by Gasteiger charge is 2.30. The van der Waals surface area contributed by atoms with Gasteiger partial charge in [0.1, 0.15) is 11.0 Å². The van der Waals surface area contributed by atoms with Gasteiger partial charge in [0.25, 0.3) is 0 Å². The van der Waals surface area contributed by atoms with Gasteiger partial charge in [0.2, 0.25) is 0 Å². The molecule has 1 unspecified atom stereocenters. The van der Waals surface area contributed by atoms with Crippen LogP contribution in [0.2, 0.25) is 19.1 Å². The molecule has 1 atom stereocenters. The molecule has 180 valence electrons. The number of hydrogen-bond donors (Lipinski definition) is 1. The Morgan fingerprint density at radius 3 is 2.15 bits per heavy atom. The van der Waals surface area contributed by atoms with Gasteiger partial charge in [-0.3, -0.25) is 0 Å². The summed E-state index contributed by atoms with van der Waals surface area (Å²) >= 11 is 0. The van der Waals surface area contributed by atoms with Gasteiger partial charge >= 0.3 is 0 Å². The van der Waals surface area contributed by atoms with Crippen LogP contribution in [0.4, 0.5) is 0 Å². The van der Waals surface area contributed by atoms with Crippen molar-refractivity contribution in [1.29, 1.82) is 0 Å². The molecule has 0 aliphatic rings. The zero-order valence-electron chi connectivity index (χ0n) is 21.6. The largest absolute Gasteiger partial charge is 0.418 e. The fraction of sp³-hybridized carbons (Fsp3) is 0.556. The molecule has 5 nitrogen and oxygen atoms in total. The zero-order chi connectivity index (χ0) is 24.4. The smallest absolute Gasteiger partial charge is 0.189 e. The van der Waals surface area contributed by atoms with E-state index in [2.05, 4.69) is 65.9 Å². The number of aromatic nitrogens is 3. The summed E-state index contributed by atoms with van der Waals surface area (Å²) in [6.45, 7) is 18.5. The predicted octanol–water partition coefficient (Wildman–Crippen LogP) is 6.28. The number of aliphatic hydroxyl groups excluding tert-OH is 1. The van der Waals surface area contributed by atoms with Crippen molar-refractivity contribution >= 4 is 19.4 Å². The maximum absolute atomic E-state index is 11.0. The first-order chi connectivity index (χ1) is 15.3. The van der Waals surface area contributed by atoms with Crippen LogP contribution in [0.3, 0.4) is 0 Å². The summed E-state index contributed by atoms with van der Waals surface area (Å²) in [5.74, 6) is 0. The molecule has 33 heavy (non-hydrogen) atoms. The maximum atomic E-state index is 11.0. The number of fused-ring (bicyclic) bond motifs is 1. The Kier molecular flexibility index (Phi) is 7.51. The SMILES string of the molecule is CCO[Si](C)(C)CC(O)Cc1ccc(C(C)(C)CC(C)(C)C)cc1-n1nc2ccccc2n1. The lowest BCUT2D eigenvalue weighted by Crippen LogP contribution is -2.35. The first kappa shape index (κ1) is 25.6.